The second-order valence-corrected chi connectivity index (χ2v) is 4.92. The summed E-state index contributed by atoms with van der Waals surface area (Å²) in [7, 11) is 0. The number of aromatic nitrogens is 1. The van der Waals surface area contributed by atoms with Crippen LogP contribution in [0.1, 0.15) is 29.9 Å². The first-order chi connectivity index (χ1) is 7.70. The van der Waals surface area contributed by atoms with Crippen molar-refractivity contribution in [3.05, 3.63) is 11.1 Å². The van der Waals surface area contributed by atoms with Gasteiger partial charge < -0.3 is 9.64 Å². The van der Waals surface area contributed by atoms with Crippen LogP contribution < -0.4 is 4.90 Å². The Bertz CT molecular complexity index is 378. The highest BCUT2D eigenvalue weighted by Crippen LogP contribution is 2.24. The molecule has 0 N–H and O–H groups in total. The number of ketones is 1. The van der Waals surface area contributed by atoms with E-state index in [9.17, 15) is 4.79 Å². The number of ether oxygens (including phenoxy) is 1. The number of rotatable bonds is 3. The molecule has 5 heteroatoms. The maximum atomic E-state index is 11.2. The van der Waals surface area contributed by atoms with E-state index in [-0.39, 0.29) is 5.78 Å². The topological polar surface area (TPSA) is 42.4 Å². The molecule has 1 aromatic rings. The summed E-state index contributed by atoms with van der Waals surface area (Å²) in [6.45, 7) is 6.18. The molecule has 0 saturated carbocycles. The third kappa shape index (κ3) is 2.41. The van der Waals surface area contributed by atoms with Gasteiger partial charge in [0.2, 0.25) is 0 Å². The van der Waals surface area contributed by atoms with Crippen molar-refractivity contribution in [3.63, 3.8) is 0 Å². The van der Waals surface area contributed by atoms with Crippen LogP contribution in [0.4, 0.5) is 5.13 Å². The van der Waals surface area contributed by atoms with Crippen molar-refractivity contribution in [2.75, 3.05) is 24.6 Å². The molecular weight excluding hydrogens is 224 g/mol. The van der Waals surface area contributed by atoms with Crippen LogP contribution in [0.25, 0.3) is 0 Å². The molecule has 0 spiro atoms. The van der Waals surface area contributed by atoms with Crippen LogP contribution in [0.15, 0.2) is 6.20 Å². The zero-order chi connectivity index (χ0) is 11.5. The number of Topliss-reactive ketones (excluding diaryl/α,β-unsaturated/α-hetero) is 1. The van der Waals surface area contributed by atoms with E-state index in [1.165, 1.54) is 11.3 Å². The monoisotopic (exact) mass is 240 g/mol. The number of carbonyl (C=O) groups excluding carboxylic acids is 1. The lowest BCUT2D eigenvalue weighted by Gasteiger charge is -2.32. The van der Waals surface area contributed by atoms with Crippen molar-refractivity contribution in [1.82, 2.24) is 4.98 Å². The summed E-state index contributed by atoms with van der Waals surface area (Å²) in [4.78, 5) is 18.4. The van der Waals surface area contributed by atoms with Crippen LogP contribution in [0.5, 0.6) is 0 Å². The zero-order valence-electron chi connectivity index (χ0n) is 9.60. The number of thiazole rings is 1. The van der Waals surface area contributed by atoms with Gasteiger partial charge in [0.15, 0.2) is 10.9 Å². The molecule has 88 valence electrons. The van der Waals surface area contributed by atoms with Crippen molar-refractivity contribution in [3.8, 4) is 0 Å². The Labute approximate surface area is 99.2 Å². The Kier molecular flexibility index (Phi) is 3.56. The van der Waals surface area contributed by atoms with Crippen LogP contribution in [-0.4, -0.2) is 36.6 Å². The molecule has 0 aliphatic carbocycles. The minimum Gasteiger partial charge on any atom is -0.375 e. The van der Waals surface area contributed by atoms with Crippen molar-refractivity contribution >= 4 is 22.3 Å². The van der Waals surface area contributed by atoms with Crippen LogP contribution in [0.3, 0.4) is 0 Å². The van der Waals surface area contributed by atoms with Crippen LogP contribution in [-0.2, 0) is 4.74 Å². The van der Waals surface area contributed by atoms with Crippen LogP contribution in [0, 0.1) is 0 Å². The molecule has 2 rings (SSSR count). The molecule has 0 amide bonds. The Balaban J connectivity index is 2.08. The first-order valence-corrected chi connectivity index (χ1v) is 6.35. The first kappa shape index (κ1) is 11.5. The molecule has 16 heavy (non-hydrogen) atoms. The van der Waals surface area contributed by atoms with E-state index in [0.29, 0.717) is 6.10 Å². The van der Waals surface area contributed by atoms with Gasteiger partial charge in [-0.3, -0.25) is 4.79 Å². The molecule has 1 fully saturated rings. The second kappa shape index (κ2) is 4.93. The Morgan fingerprint density at radius 2 is 2.56 bits per heavy atom. The van der Waals surface area contributed by atoms with E-state index in [2.05, 4.69) is 16.8 Å². The van der Waals surface area contributed by atoms with Crippen LogP contribution in [0.2, 0.25) is 0 Å². The second-order valence-electron chi connectivity index (χ2n) is 3.91. The smallest absolute Gasteiger partial charge is 0.186 e. The van der Waals surface area contributed by atoms with Gasteiger partial charge in [-0.15, -0.1) is 0 Å². The van der Waals surface area contributed by atoms with Gasteiger partial charge in [-0.2, -0.15) is 0 Å². The van der Waals surface area contributed by atoms with Crippen molar-refractivity contribution in [2.24, 2.45) is 0 Å². The van der Waals surface area contributed by atoms with Gasteiger partial charge in [0.1, 0.15) is 0 Å². The summed E-state index contributed by atoms with van der Waals surface area (Å²) in [5.74, 6) is 0.0871. The van der Waals surface area contributed by atoms with Crippen molar-refractivity contribution < 1.29 is 9.53 Å². The SMILES string of the molecule is CCC1CN(c2ncc(C(C)=O)s2)CCO1. The van der Waals surface area contributed by atoms with Crippen molar-refractivity contribution in [1.29, 1.82) is 0 Å². The molecule has 0 bridgehead atoms. The molecule has 1 aromatic heterocycles. The molecular formula is C11H16N2O2S. The number of nitrogens with zero attached hydrogens (tertiary/aromatic N) is 2. The van der Waals surface area contributed by atoms with Gasteiger partial charge in [-0.1, -0.05) is 18.3 Å². The molecule has 2 heterocycles. The van der Waals surface area contributed by atoms with E-state index >= 15 is 0 Å². The highest BCUT2D eigenvalue weighted by atomic mass is 32.1. The molecule has 4 nitrogen and oxygen atoms in total. The van der Waals surface area contributed by atoms with Crippen LogP contribution >= 0.6 is 11.3 Å². The number of morpholine rings is 1. The lowest BCUT2D eigenvalue weighted by molar-refractivity contribution is 0.0384. The van der Waals surface area contributed by atoms with E-state index in [4.69, 9.17) is 4.74 Å². The minimum atomic E-state index is 0.0871. The predicted molar refractivity (Wildman–Crippen MR) is 64.4 cm³/mol. The number of carbonyl (C=O) groups is 1. The standard InChI is InChI=1S/C11H16N2O2S/c1-3-9-7-13(4-5-15-9)11-12-6-10(16-11)8(2)14/h6,9H,3-5,7H2,1-2H3. The summed E-state index contributed by atoms with van der Waals surface area (Å²) in [5, 5.41) is 0.937. The van der Waals surface area contributed by atoms with Gasteiger partial charge in [0.05, 0.1) is 23.8 Å². The summed E-state index contributed by atoms with van der Waals surface area (Å²) in [5.41, 5.74) is 0. The molecule has 0 radical (unpaired) electrons. The lowest BCUT2D eigenvalue weighted by Crippen LogP contribution is -2.42. The maximum absolute atomic E-state index is 11.2. The van der Waals surface area contributed by atoms with Gasteiger partial charge in [-0.05, 0) is 6.42 Å². The summed E-state index contributed by atoms with van der Waals surface area (Å²) < 4.78 is 5.60. The van der Waals surface area contributed by atoms with E-state index in [0.717, 1.165) is 36.1 Å². The van der Waals surface area contributed by atoms with Gasteiger partial charge in [0, 0.05) is 20.0 Å². The van der Waals surface area contributed by atoms with E-state index in [1.807, 2.05) is 0 Å². The van der Waals surface area contributed by atoms with Gasteiger partial charge in [-0.25, -0.2) is 4.98 Å². The fourth-order valence-electron chi connectivity index (χ4n) is 1.71. The quantitative estimate of drug-likeness (QED) is 0.757. The molecule has 1 unspecified atom stereocenters. The number of anilines is 1. The average Bonchev–Trinajstić information content (AvgIpc) is 2.78. The molecule has 1 saturated heterocycles. The summed E-state index contributed by atoms with van der Waals surface area (Å²) in [6, 6.07) is 0. The normalized spacial score (nSPS) is 21.1. The predicted octanol–water partition coefficient (Wildman–Crippen LogP) is 1.96. The lowest BCUT2D eigenvalue weighted by atomic mass is 10.2. The summed E-state index contributed by atoms with van der Waals surface area (Å²) >= 11 is 1.47. The number of hydrogen-bond donors (Lipinski definition) is 0. The first-order valence-electron chi connectivity index (χ1n) is 5.54. The van der Waals surface area contributed by atoms with E-state index in [1.54, 1.807) is 13.1 Å². The fraction of sp³-hybridized carbons (Fsp3) is 0.636. The van der Waals surface area contributed by atoms with Crippen molar-refractivity contribution in [2.45, 2.75) is 26.4 Å². The molecule has 1 aliphatic rings. The average molecular weight is 240 g/mol. The zero-order valence-corrected chi connectivity index (χ0v) is 10.4. The third-order valence-electron chi connectivity index (χ3n) is 2.71. The summed E-state index contributed by atoms with van der Waals surface area (Å²) in [6.07, 6.45) is 2.97. The highest BCUT2D eigenvalue weighted by molar-refractivity contribution is 7.17. The highest BCUT2D eigenvalue weighted by Gasteiger charge is 2.21. The van der Waals surface area contributed by atoms with E-state index < -0.39 is 0 Å². The van der Waals surface area contributed by atoms with Gasteiger partial charge in [0.25, 0.3) is 0 Å². The fourth-order valence-corrected chi connectivity index (χ4v) is 2.56. The molecule has 1 aliphatic heterocycles. The third-order valence-corrected chi connectivity index (χ3v) is 3.86. The Morgan fingerprint density at radius 3 is 3.19 bits per heavy atom. The Morgan fingerprint density at radius 1 is 1.75 bits per heavy atom. The Hall–Kier alpha value is -0.940. The number of hydrogen-bond acceptors (Lipinski definition) is 5. The minimum absolute atomic E-state index is 0.0871. The van der Waals surface area contributed by atoms with Gasteiger partial charge >= 0.3 is 0 Å². The largest absolute Gasteiger partial charge is 0.375 e. The maximum Gasteiger partial charge on any atom is 0.186 e. The molecule has 0 aromatic carbocycles. The molecule has 1 atom stereocenters.